The lowest BCUT2D eigenvalue weighted by Crippen LogP contribution is -2.38. The van der Waals surface area contributed by atoms with E-state index in [0.29, 0.717) is 24.6 Å². The van der Waals surface area contributed by atoms with Crippen molar-refractivity contribution in [1.29, 1.82) is 0 Å². The highest BCUT2D eigenvalue weighted by molar-refractivity contribution is 7.85. The molecule has 20 heavy (non-hydrogen) atoms. The van der Waals surface area contributed by atoms with Crippen molar-refractivity contribution in [2.45, 2.75) is 0 Å². The fourth-order valence-electron chi connectivity index (χ4n) is 1.90. The summed E-state index contributed by atoms with van der Waals surface area (Å²) in [7, 11) is 0.318. The van der Waals surface area contributed by atoms with Crippen LogP contribution in [0.2, 0.25) is 0 Å². The number of pyridine rings is 1. The van der Waals surface area contributed by atoms with Gasteiger partial charge in [-0.2, -0.15) is 0 Å². The molecule has 9 heteroatoms. The lowest BCUT2D eigenvalue weighted by atomic mass is 10.2. The van der Waals surface area contributed by atoms with Crippen LogP contribution in [0.15, 0.2) is 12.3 Å². The van der Waals surface area contributed by atoms with E-state index < -0.39 is 21.7 Å². The average Bonchev–Trinajstić information content (AvgIpc) is 2.46. The lowest BCUT2D eigenvalue weighted by Gasteiger charge is -2.26. The Labute approximate surface area is 117 Å². The number of rotatable bonds is 3. The van der Waals surface area contributed by atoms with Crippen LogP contribution in [0.5, 0.6) is 0 Å². The molecule has 0 N–H and O–H groups in total. The van der Waals surface area contributed by atoms with Crippen molar-refractivity contribution in [1.82, 2.24) is 4.98 Å². The molecule has 2 rings (SSSR count). The molecule has 0 saturated carbocycles. The molecule has 1 aromatic heterocycles. The van der Waals surface area contributed by atoms with Crippen LogP contribution in [-0.4, -0.2) is 51.8 Å². The molecule has 2 heterocycles. The average molecular weight is 299 g/mol. The second-order valence-electron chi connectivity index (χ2n) is 4.15. The van der Waals surface area contributed by atoms with E-state index in [1.807, 2.05) is 0 Å². The van der Waals surface area contributed by atoms with Gasteiger partial charge in [0.25, 0.3) is 0 Å². The first-order valence-electron chi connectivity index (χ1n) is 5.85. The first kappa shape index (κ1) is 14.4. The van der Waals surface area contributed by atoms with Gasteiger partial charge in [0.2, 0.25) is 5.82 Å². The zero-order valence-corrected chi connectivity index (χ0v) is 11.6. The first-order chi connectivity index (χ1) is 9.52. The Balaban J connectivity index is 2.35. The van der Waals surface area contributed by atoms with Gasteiger partial charge in [-0.25, -0.2) is 9.78 Å². The summed E-state index contributed by atoms with van der Waals surface area (Å²) in [5.74, 6) is 0.432. The summed E-state index contributed by atoms with van der Waals surface area (Å²) in [6.45, 7) is 0.885. The van der Waals surface area contributed by atoms with Crippen LogP contribution in [-0.2, 0) is 15.5 Å². The van der Waals surface area contributed by atoms with Crippen molar-refractivity contribution in [3.63, 3.8) is 0 Å². The number of carbonyl (C=O) groups excluding carboxylic acids is 1. The van der Waals surface area contributed by atoms with E-state index in [-0.39, 0.29) is 17.1 Å². The van der Waals surface area contributed by atoms with Crippen molar-refractivity contribution in [3.8, 4) is 0 Å². The van der Waals surface area contributed by atoms with Crippen LogP contribution in [0.4, 0.5) is 11.5 Å². The molecule has 1 fully saturated rings. The first-order valence-corrected chi connectivity index (χ1v) is 7.34. The van der Waals surface area contributed by atoms with Crippen molar-refractivity contribution >= 4 is 28.3 Å². The van der Waals surface area contributed by atoms with Crippen LogP contribution in [0.1, 0.15) is 10.4 Å². The molecule has 0 atom stereocenters. The van der Waals surface area contributed by atoms with Crippen molar-refractivity contribution in [3.05, 3.63) is 27.9 Å². The van der Waals surface area contributed by atoms with Crippen molar-refractivity contribution in [2.24, 2.45) is 0 Å². The maximum atomic E-state index is 11.4. The molecule has 0 bridgehead atoms. The molecule has 0 spiro atoms. The minimum atomic E-state index is -0.879. The largest absolute Gasteiger partial charge is 0.465 e. The summed E-state index contributed by atoms with van der Waals surface area (Å²) in [4.78, 5) is 27.6. The number of nitrogens with zero attached hydrogens (tertiary/aromatic N) is 3. The maximum Gasteiger partial charge on any atom is 0.339 e. The molecule has 8 nitrogen and oxygen atoms in total. The lowest BCUT2D eigenvalue weighted by molar-refractivity contribution is -0.384. The van der Waals surface area contributed by atoms with Crippen LogP contribution < -0.4 is 4.90 Å². The number of nitro groups is 1. The van der Waals surface area contributed by atoms with Gasteiger partial charge in [-0.3, -0.25) is 14.3 Å². The standard InChI is InChI=1S/C11H13N3O5S/c1-19-11(15)8-6-9(14(16)17)10(12-7-8)13-2-4-20(18)5-3-13/h6-7H,2-5H2,1H3. The Bertz CT molecular complexity index is 567. The Kier molecular flexibility index (Phi) is 4.28. The van der Waals surface area contributed by atoms with Gasteiger partial charge in [-0.15, -0.1) is 0 Å². The molecule has 108 valence electrons. The topological polar surface area (TPSA) is 103 Å². The summed E-state index contributed by atoms with van der Waals surface area (Å²) in [6, 6.07) is 1.15. The number of ether oxygens (including phenoxy) is 1. The third-order valence-corrected chi connectivity index (χ3v) is 4.22. The summed E-state index contributed by atoms with van der Waals surface area (Å²) in [5, 5.41) is 11.1. The number of esters is 1. The van der Waals surface area contributed by atoms with E-state index in [0.717, 1.165) is 6.07 Å². The number of hydrogen-bond donors (Lipinski definition) is 0. The second-order valence-corrected chi connectivity index (χ2v) is 5.85. The molecule has 0 amide bonds. The van der Waals surface area contributed by atoms with Gasteiger partial charge in [0.05, 0.1) is 17.6 Å². The van der Waals surface area contributed by atoms with E-state index in [1.165, 1.54) is 13.3 Å². The predicted molar refractivity (Wildman–Crippen MR) is 72.3 cm³/mol. The fourth-order valence-corrected chi connectivity index (χ4v) is 2.96. The smallest absolute Gasteiger partial charge is 0.339 e. The number of methoxy groups -OCH3 is 1. The SMILES string of the molecule is COC(=O)c1cnc(N2CCS(=O)CC2)c([N+](=O)[O-])c1. The van der Waals surface area contributed by atoms with Gasteiger partial charge in [0.15, 0.2) is 0 Å². The Morgan fingerprint density at radius 3 is 2.70 bits per heavy atom. The number of carbonyl (C=O) groups is 1. The number of anilines is 1. The fraction of sp³-hybridized carbons (Fsp3) is 0.455. The molecule has 1 saturated heterocycles. The van der Waals surface area contributed by atoms with E-state index in [9.17, 15) is 19.1 Å². The molecule has 1 aliphatic rings. The monoisotopic (exact) mass is 299 g/mol. The minimum absolute atomic E-state index is 0.0311. The van der Waals surface area contributed by atoms with Gasteiger partial charge in [-0.1, -0.05) is 0 Å². The Hall–Kier alpha value is -2.03. The number of aromatic nitrogens is 1. The maximum absolute atomic E-state index is 11.4. The van der Waals surface area contributed by atoms with E-state index >= 15 is 0 Å². The molecule has 1 aliphatic heterocycles. The summed E-state index contributed by atoms with van der Waals surface area (Å²) in [6.07, 6.45) is 1.25. The third-order valence-electron chi connectivity index (χ3n) is 2.94. The van der Waals surface area contributed by atoms with Crippen LogP contribution in [0.25, 0.3) is 0 Å². The van der Waals surface area contributed by atoms with E-state index in [4.69, 9.17) is 0 Å². The predicted octanol–water partition coefficient (Wildman–Crippen LogP) is 0.345. The second kappa shape index (κ2) is 5.95. The van der Waals surface area contributed by atoms with E-state index in [2.05, 4.69) is 9.72 Å². The third kappa shape index (κ3) is 2.93. The van der Waals surface area contributed by atoms with Crippen molar-refractivity contribution < 1.29 is 18.7 Å². The summed E-state index contributed by atoms with van der Waals surface area (Å²) >= 11 is 0. The Morgan fingerprint density at radius 1 is 1.50 bits per heavy atom. The van der Waals surface area contributed by atoms with Crippen LogP contribution in [0, 0.1) is 10.1 Å². The Morgan fingerprint density at radius 2 is 2.15 bits per heavy atom. The van der Waals surface area contributed by atoms with Crippen LogP contribution >= 0.6 is 0 Å². The summed E-state index contributed by atoms with van der Waals surface area (Å²) < 4.78 is 15.8. The highest BCUT2D eigenvalue weighted by atomic mass is 32.2. The van der Waals surface area contributed by atoms with Gasteiger partial charge in [0.1, 0.15) is 0 Å². The molecular formula is C11H13N3O5S. The summed E-state index contributed by atoms with van der Waals surface area (Å²) in [5.41, 5.74) is -0.218. The minimum Gasteiger partial charge on any atom is -0.465 e. The van der Waals surface area contributed by atoms with Gasteiger partial charge in [-0.05, 0) is 0 Å². The zero-order chi connectivity index (χ0) is 14.7. The highest BCUT2D eigenvalue weighted by Crippen LogP contribution is 2.27. The molecular weight excluding hydrogens is 286 g/mol. The van der Waals surface area contributed by atoms with Crippen LogP contribution in [0.3, 0.4) is 0 Å². The van der Waals surface area contributed by atoms with Gasteiger partial charge in [0, 0.05) is 47.7 Å². The molecule has 0 aliphatic carbocycles. The van der Waals surface area contributed by atoms with Gasteiger partial charge >= 0.3 is 11.7 Å². The number of hydrogen-bond acceptors (Lipinski definition) is 7. The normalized spacial score (nSPS) is 15.9. The molecule has 0 unspecified atom stereocenters. The molecule has 0 aromatic carbocycles. The van der Waals surface area contributed by atoms with Gasteiger partial charge < -0.3 is 9.64 Å². The quantitative estimate of drug-likeness (QED) is 0.450. The van der Waals surface area contributed by atoms with Crippen molar-refractivity contribution in [2.75, 3.05) is 36.6 Å². The highest BCUT2D eigenvalue weighted by Gasteiger charge is 2.26. The zero-order valence-electron chi connectivity index (χ0n) is 10.8. The van der Waals surface area contributed by atoms with E-state index in [1.54, 1.807) is 4.90 Å². The molecule has 1 aromatic rings. The molecule has 0 radical (unpaired) electrons.